The van der Waals surface area contributed by atoms with Crippen molar-refractivity contribution in [3.63, 3.8) is 0 Å². The van der Waals surface area contributed by atoms with Crippen LogP contribution < -0.4 is 10.6 Å². The molecule has 0 saturated carbocycles. The van der Waals surface area contributed by atoms with Gasteiger partial charge in [0.25, 0.3) is 5.91 Å². The standard InChI is InChI=1S/C26H23ClFN7OS2/c1-37-25-15(12-29)2-3-18(34-25)13-35-8-6-16(7-9-35)33-24(36)22-11-19-23(30-14-31-26(19)38-22)32-17-4-5-21(28)20(27)10-17/h2-5,10-11,14,16H,6-9,13H2,1H3,(H,33,36)(H,30,31,32). The normalized spacial score (nSPS) is 14.4. The summed E-state index contributed by atoms with van der Waals surface area (Å²) in [5, 5.41) is 17.0. The molecule has 0 aliphatic carbocycles. The molecule has 2 N–H and O–H groups in total. The minimum Gasteiger partial charge on any atom is -0.349 e. The van der Waals surface area contributed by atoms with Crippen molar-refractivity contribution < 1.29 is 9.18 Å². The van der Waals surface area contributed by atoms with Gasteiger partial charge in [-0.15, -0.1) is 23.1 Å². The van der Waals surface area contributed by atoms with E-state index in [0.29, 0.717) is 38.7 Å². The van der Waals surface area contributed by atoms with Gasteiger partial charge >= 0.3 is 0 Å². The van der Waals surface area contributed by atoms with E-state index >= 15 is 0 Å². The van der Waals surface area contributed by atoms with Crippen LogP contribution >= 0.6 is 34.7 Å². The van der Waals surface area contributed by atoms with Crippen molar-refractivity contribution in [3.05, 3.63) is 69.7 Å². The molecule has 0 spiro atoms. The van der Waals surface area contributed by atoms with E-state index in [1.54, 1.807) is 12.1 Å². The number of likely N-dealkylation sites (tertiary alicyclic amines) is 1. The van der Waals surface area contributed by atoms with E-state index < -0.39 is 5.82 Å². The van der Waals surface area contributed by atoms with Gasteiger partial charge in [-0.05, 0) is 55.5 Å². The van der Waals surface area contributed by atoms with Crippen molar-refractivity contribution in [2.24, 2.45) is 0 Å². The lowest BCUT2D eigenvalue weighted by molar-refractivity contribution is 0.0912. The van der Waals surface area contributed by atoms with Crippen molar-refractivity contribution in [1.82, 2.24) is 25.2 Å². The van der Waals surface area contributed by atoms with Gasteiger partial charge < -0.3 is 10.6 Å². The van der Waals surface area contributed by atoms with Crippen LogP contribution in [0.15, 0.2) is 47.8 Å². The van der Waals surface area contributed by atoms with Crippen molar-refractivity contribution in [1.29, 1.82) is 5.26 Å². The van der Waals surface area contributed by atoms with Gasteiger partial charge in [-0.25, -0.2) is 19.3 Å². The van der Waals surface area contributed by atoms with E-state index in [-0.39, 0.29) is 17.0 Å². The topological polar surface area (TPSA) is 107 Å². The molecule has 0 bridgehead atoms. The number of hydrogen-bond donors (Lipinski definition) is 2. The van der Waals surface area contributed by atoms with Crippen LogP contribution in [-0.2, 0) is 6.54 Å². The zero-order chi connectivity index (χ0) is 26.6. The Hall–Kier alpha value is -3.30. The van der Waals surface area contributed by atoms with E-state index in [1.165, 1.54) is 41.6 Å². The second-order valence-electron chi connectivity index (χ2n) is 8.80. The summed E-state index contributed by atoms with van der Waals surface area (Å²) in [6, 6.07) is 12.1. The summed E-state index contributed by atoms with van der Waals surface area (Å²) in [7, 11) is 0. The maximum absolute atomic E-state index is 13.5. The monoisotopic (exact) mass is 567 g/mol. The first-order valence-electron chi connectivity index (χ1n) is 11.9. The molecular formula is C26H23ClFN7OS2. The summed E-state index contributed by atoms with van der Waals surface area (Å²) in [4.78, 5) is 29.8. The molecule has 194 valence electrons. The molecule has 4 aromatic rings. The zero-order valence-corrected chi connectivity index (χ0v) is 22.8. The number of rotatable bonds is 7. The van der Waals surface area contributed by atoms with Crippen molar-refractivity contribution >= 4 is 62.3 Å². The Morgan fingerprint density at radius 2 is 2.08 bits per heavy atom. The number of nitrogens with zero attached hydrogens (tertiary/aromatic N) is 5. The first-order chi connectivity index (χ1) is 18.4. The summed E-state index contributed by atoms with van der Waals surface area (Å²) in [6.45, 7) is 2.39. The van der Waals surface area contributed by atoms with Crippen molar-refractivity contribution in [2.45, 2.75) is 30.5 Å². The van der Waals surface area contributed by atoms with E-state index in [0.717, 1.165) is 36.7 Å². The number of benzene rings is 1. The summed E-state index contributed by atoms with van der Waals surface area (Å²) < 4.78 is 13.5. The van der Waals surface area contributed by atoms with E-state index in [2.05, 4.69) is 36.6 Å². The number of pyridine rings is 1. The zero-order valence-electron chi connectivity index (χ0n) is 20.4. The minimum absolute atomic E-state index is 0.00890. The predicted octanol–water partition coefficient (Wildman–Crippen LogP) is 5.61. The first-order valence-corrected chi connectivity index (χ1v) is 14.3. The van der Waals surface area contributed by atoms with Crippen LogP contribution in [0.25, 0.3) is 10.2 Å². The number of halogens is 2. The largest absolute Gasteiger partial charge is 0.349 e. The Morgan fingerprint density at radius 3 is 2.82 bits per heavy atom. The van der Waals surface area contributed by atoms with E-state index in [4.69, 9.17) is 11.6 Å². The Balaban J connectivity index is 1.20. The molecule has 38 heavy (non-hydrogen) atoms. The lowest BCUT2D eigenvalue weighted by Crippen LogP contribution is -2.44. The lowest BCUT2D eigenvalue weighted by atomic mass is 10.0. The number of nitrogens with one attached hydrogen (secondary N) is 2. The average molecular weight is 568 g/mol. The van der Waals surface area contributed by atoms with Gasteiger partial charge in [0, 0.05) is 31.4 Å². The molecule has 5 rings (SSSR count). The van der Waals surface area contributed by atoms with Gasteiger partial charge in [0.05, 0.1) is 26.5 Å². The lowest BCUT2D eigenvalue weighted by Gasteiger charge is -2.32. The molecule has 1 fully saturated rings. The molecule has 0 atom stereocenters. The SMILES string of the molecule is CSc1nc(CN2CCC(NC(=O)c3cc4c(Nc5ccc(F)c(Cl)c5)ncnc4s3)CC2)ccc1C#N. The third-order valence-corrected chi connectivity index (χ3v) is 8.31. The number of thiophene rings is 1. The number of thioether (sulfide) groups is 1. The maximum atomic E-state index is 13.5. The van der Waals surface area contributed by atoms with Crippen LogP contribution in [0.4, 0.5) is 15.9 Å². The number of hydrogen-bond acceptors (Lipinski definition) is 9. The molecular weight excluding hydrogens is 545 g/mol. The van der Waals surface area contributed by atoms with Gasteiger partial charge in [0.15, 0.2) is 0 Å². The molecule has 1 aliphatic rings. The van der Waals surface area contributed by atoms with Gasteiger partial charge in [0.2, 0.25) is 0 Å². The highest BCUT2D eigenvalue weighted by Crippen LogP contribution is 2.31. The van der Waals surface area contributed by atoms with E-state index in [1.807, 2.05) is 18.4 Å². The molecule has 1 aromatic carbocycles. The Bertz CT molecular complexity index is 1530. The van der Waals surface area contributed by atoms with Crippen LogP contribution in [-0.4, -0.2) is 51.1 Å². The fraction of sp³-hybridized carbons (Fsp3) is 0.269. The first kappa shape index (κ1) is 26.3. The maximum Gasteiger partial charge on any atom is 0.261 e. The molecule has 1 amide bonds. The quantitative estimate of drug-likeness (QED) is 0.278. The van der Waals surface area contributed by atoms with Gasteiger partial charge in [-0.1, -0.05) is 11.6 Å². The third kappa shape index (κ3) is 5.89. The van der Waals surface area contributed by atoms with Crippen molar-refractivity contribution in [2.75, 3.05) is 24.7 Å². The summed E-state index contributed by atoms with van der Waals surface area (Å²) >= 11 is 8.67. The Morgan fingerprint density at radius 1 is 1.26 bits per heavy atom. The number of fused-ring (bicyclic) bond motifs is 1. The molecule has 1 aliphatic heterocycles. The number of carbonyl (C=O) groups is 1. The molecule has 0 unspecified atom stereocenters. The van der Waals surface area contributed by atoms with Gasteiger partial charge in [0.1, 0.15) is 33.9 Å². The van der Waals surface area contributed by atoms with Crippen LogP contribution in [0.1, 0.15) is 33.8 Å². The smallest absolute Gasteiger partial charge is 0.261 e. The molecule has 4 heterocycles. The Kier molecular flexibility index (Phi) is 8.04. The van der Waals surface area contributed by atoms with Gasteiger partial charge in [-0.3, -0.25) is 9.69 Å². The highest BCUT2D eigenvalue weighted by atomic mass is 35.5. The van der Waals surface area contributed by atoms with Crippen LogP contribution in [0, 0.1) is 17.1 Å². The summed E-state index contributed by atoms with van der Waals surface area (Å²) in [5.41, 5.74) is 2.12. The number of aromatic nitrogens is 3. The predicted molar refractivity (Wildman–Crippen MR) is 149 cm³/mol. The summed E-state index contributed by atoms with van der Waals surface area (Å²) in [6.07, 6.45) is 5.01. The number of piperidine rings is 1. The number of carbonyl (C=O) groups excluding carboxylic acids is 1. The number of anilines is 2. The number of nitriles is 1. The fourth-order valence-corrected chi connectivity index (χ4v) is 5.93. The molecule has 3 aromatic heterocycles. The van der Waals surface area contributed by atoms with Crippen LogP contribution in [0.2, 0.25) is 5.02 Å². The molecule has 8 nitrogen and oxygen atoms in total. The fourth-order valence-electron chi connectivity index (χ4n) is 4.31. The molecule has 1 saturated heterocycles. The summed E-state index contributed by atoms with van der Waals surface area (Å²) in [5.74, 6) is -0.121. The minimum atomic E-state index is -0.499. The second kappa shape index (κ2) is 11.6. The number of amides is 1. The highest BCUT2D eigenvalue weighted by molar-refractivity contribution is 7.98. The Labute approximate surface area is 232 Å². The van der Waals surface area contributed by atoms with Crippen LogP contribution in [0.3, 0.4) is 0 Å². The highest BCUT2D eigenvalue weighted by Gasteiger charge is 2.23. The van der Waals surface area contributed by atoms with Crippen molar-refractivity contribution in [3.8, 4) is 6.07 Å². The third-order valence-electron chi connectivity index (χ3n) is 6.28. The molecule has 0 radical (unpaired) electrons. The van der Waals surface area contributed by atoms with Gasteiger partial charge in [-0.2, -0.15) is 5.26 Å². The molecule has 12 heteroatoms. The average Bonchev–Trinajstić information content (AvgIpc) is 3.37. The second-order valence-corrected chi connectivity index (χ2v) is 11.0. The van der Waals surface area contributed by atoms with E-state index in [9.17, 15) is 14.4 Å². The van der Waals surface area contributed by atoms with Crippen LogP contribution in [0.5, 0.6) is 0 Å².